The molecule has 0 saturated carbocycles. The van der Waals surface area contributed by atoms with E-state index in [-0.39, 0.29) is 0 Å². The van der Waals surface area contributed by atoms with Crippen LogP contribution in [0.4, 0.5) is 0 Å². The van der Waals surface area contributed by atoms with Gasteiger partial charge in [-0.3, -0.25) is 4.98 Å². The van der Waals surface area contributed by atoms with Gasteiger partial charge in [-0.1, -0.05) is 291 Å². The lowest BCUT2D eigenvalue weighted by molar-refractivity contribution is 1.06. The highest BCUT2D eigenvalue weighted by Crippen LogP contribution is 2.46. The van der Waals surface area contributed by atoms with Crippen molar-refractivity contribution in [2.45, 2.75) is 0 Å². The lowest BCUT2D eigenvalue weighted by Gasteiger charge is -2.14. The standard InChI is InChI=1S/C43H28N4.C42H27N5.C41H27N5/c1-3-11-29(12-4-1)39-22-20-32(28-44-39)46-26-24-37-42(46)35-21-19-31(47-40-17-9-7-15-33(40)34-16-8-10-18-41(34)47)27-38(35)36-23-25-45(43(36)37)30-13-5-2-6-14-30;1-2-10-28(11-3-1)42-43-26-31(27-44-42)46-25-23-37-40(46)35-15-5-4-12-32(35)36-22-24-45(41(36)37)29-18-20-30(21-19-29)47-38-16-8-6-13-33(38)34-14-7-9-17-39(34)47;1-5-13-28(14-6-1)39-42-40(29-15-7-2-8-16-29)44-41(43-39)30-21-22-33-36(27-30)34-23-25-45(31-17-9-3-10-18-31)38(34)35-24-26-46(37(33)35)32-19-11-4-12-20-32/h1-28H;1-27H;1-27H. The number of benzene rings is 18. The zero-order valence-corrected chi connectivity index (χ0v) is 75.6. The molecule has 11 aromatic heterocycles. The quantitative estimate of drug-likeness (QED) is 0.113. The van der Waals surface area contributed by atoms with Gasteiger partial charge in [-0.2, -0.15) is 0 Å². The van der Waals surface area contributed by atoms with Crippen molar-refractivity contribution in [1.29, 1.82) is 0 Å². The molecular weight excluding hydrogens is 1710 g/mol. The van der Waals surface area contributed by atoms with Crippen LogP contribution in [0, 0.1) is 0 Å². The van der Waals surface area contributed by atoms with Gasteiger partial charge in [0.05, 0.1) is 90.8 Å². The van der Waals surface area contributed by atoms with Crippen molar-refractivity contribution in [1.82, 2.24) is 66.4 Å². The molecule has 29 aromatic rings. The van der Waals surface area contributed by atoms with Crippen molar-refractivity contribution >= 4 is 141 Å². The summed E-state index contributed by atoms with van der Waals surface area (Å²) in [5.41, 5.74) is 26.6. The molecule has 0 spiro atoms. The van der Waals surface area contributed by atoms with E-state index in [1.54, 1.807) is 0 Å². The summed E-state index contributed by atoms with van der Waals surface area (Å²) in [6, 6.07) is 156. The van der Waals surface area contributed by atoms with Gasteiger partial charge in [0.2, 0.25) is 0 Å². The van der Waals surface area contributed by atoms with Crippen LogP contribution in [-0.4, -0.2) is 66.4 Å². The van der Waals surface area contributed by atoms with E-state index in [1.807, 2.05) is 116 Å². The Morgan fingerprint density at radius 2 is 0.414 bits per heavy atom. The number of hydrogen-bond donors (Lipinski definition) is 0. The number of pyridine rings is 1. The van der Waals surface area contributed by atoms with Gasteiger partial charge in [0.1, 0.15) is 0 Å². The summed E-state index contributed by atoms with van der Waals surface area (Å²) >= 11 is 0. The SMILES string of the molecule is c1ccc(-c2ccc(-n3ccc4c5c(ccn5-c5ccccc5)c5cc(-n6c7ccccc7c7ccccc76)ccc5c43)cn2)cc1.c1ccc(-c2nc(-c3ccccc3)nc(-c3ccc4c(c3)c3ccn(-c5ccccc5)c3c3ccn(-c5ccccc5)c43)n2)cc1.c1ccc(-c2ncc(-n3ccc4c5c(ccn5-c5ccc(-n6c7ccccc7c7ccccc76)cc5)c5ccccc5c43)cn2)cc1. The van der Waals surface area contributed by atoms with Gasteiger partial charge in [-0.25, -0.2) is 24.9 Å². The number of hydrogen-bond acceptors (Lipinski definition) is 6. The Morgan fingerprint density at radius 1 is 0.143 bits per heavy atom. The molecule has 0 radical (unpaired) electrons. The third-order valence-corrected chi connectivity index (χ3v) is 27.6. The molecule has 0 aliphatic carbocycles. The second-order valence-corrected chi connectivity index (χ2v) is 35.4. The number of rotatable bonds is 13. The predicted octanol–water partition coefficient (Wildman–Crippen LogP) is 31.1. The Kier molecular flexibility index (Phi) is 19.2. The van der Waals surface area contributed by atoms with Gasteiger partial charge < -0.3 is 36.5 Å². The van der Waals surface area contributed by atoms with Crippen LogP contribution in [0.25, 0.3) is 244 Å². The second kappa shape index (κ2) is 33.5. The van der Waals surface area contributed by atoms with E-state index >= 15 is 0 Å². The average Bonchev–Trinajstić information content (AvgIpc) is 1.55. The van der Waals surface area contributed by atoms with E-state index in [0.717, 1.165) is 95.7 Å². The molecule has 0 aliphatic heterocycles. The maximum absolute atomic E-state index is 5.02. The van der Waals surface area contributed by atoms with Crippen LogP contribution >= 0.6 is 0 Å². The van der Waals surface area contributed by atoms with Crippen LogP contribution < -0.4 is 0 Å². The van der Waals surface area contributed by atoms with Gasteiger partial charge in [0.25, 0.3) is 0 Å². The molecule has 0 aliphatic rings. The van der Waals surface area contributed by atoms with Gasteiger partial charge in [0.15, 0.2) is 23.3 Å². The summed E-state index contributed by atoms with van der Waals surface area (Å²) in [7, 11) is 0. The molecular formula is C126H82N14. The number of para-hydroxylation sites is 7. The van der Waals surface area contributed by atoms with Crippen molar-refractivity contribution in [3.05, 3.63) is 499 Å². The van der Waals surface area contributed by atoms with E-state index in [9.17, 15) is 0 Å². The first-order valence-electron chi connectivity index (χ1n) is 47.2. The highest BCUT2D eigenvalue weighted by atomic mass is 15.1. The zero-order chi connectivity index (χ0) is 92.2. The molecule has 14 nitrogen and oxygen atoms in total. The first kappa shape index (κ1) is 80.5. The monoisotopic (exact) mass is 1790 g/mol. The Labute approximate surface area is 803 Å². The molecule has 140 heavy (non-hydrogen) atoms. The van der Waals surface area contributed by atoms with Crippen molar-refractivity contribution in [2.75, 3.05) is 0 Å². The number of aromatic nitrogens is 14. The molecule has 0 atom stereocenters. The zero-order valence-electron chi connectivity index (χ0n) is 75.6. The minimum Gasteiger partial charge on any atom is -0.316 e. The average molecular weight is 1790 g/mol. The normalized spacial score (nSPS) is 11.7. The lowest BCUT2D eigenvalue weighted by Crippen LogP contribution is -2.00. The molecule has 0 bridgehead atoms. The number of nitrogens with zero attached hydrogens (tertiary/aromatic N) is 14. The van der Waals surface area contributed by atoms with Gasteiger partial charge >= 0.3 is 0 Å². The molecule has 656 valence electrons. The summed E-state index contributed by atoms with van der Waals surface area (Å²) in [4.78, 5) is 29.3. The fraction of sp³-hybridized carbons (Fsp3) is 0. The Hall–Kier alpha value is -19.2. The molecule has 0 N–H and O–H groups in total. The summed E-state index contributed by atoms with van der Waals surface area (Å²) in [5, 5.41) is 19.5. The van der Waals surface area contributed by atoms with Crippen LogP contribution in [0.3, 0.4) is 0 Å². The first-order chi connectivity index (χ1) is 69.5. The second-order valence-electron chi connectivity index (χ2n) is 35.4. The van der Waals surface area contributed by atoms with Crippen molar-refractivity contribution in [3.63, 3.8) is 0 Å². The minimum absolute atomic E-state index is 0.642. The largest absolute Gasteiger partial charge is 0.316 e. The van der Waals surface area contributed by atoms with Gasteiger partial charge in [0, 0.05) is 169 Å². The van der Waals surface area contributed by atoms with E-state index in [2.05, 4.69) is 420 Å². The highest BCUT2D eigenvalue weighted by molar-refractivity contribution is 6.28. The Balaban J connectivity index is 0.000000105. The topological polar surface area (TPSA) is 117 Å². The molecule has 0 unspecified atom stereocenters. The summed E-state index contributed by atoms with van der Waals surface area (Å²) < 4.78 is 18.5. The molecule has 18 aromatic carbocycles. The Morgan fingerprint density at radius 3 is 0.829 bits per heavy atom. The summed E-state index contributed by atoms with van der Waals surface area (Å²) in [6.07, 6.45) is 18.9. The van der Waals surface area contributed by atoms with E-state index in [0.29, 0.717) is 17.5 Å². The molecule has 11 heterocycles. The van der Waals surface area contributed by atoms with Gasteiger partial charge in [-0.05, 0) is 168 Å². The maximum atomic E-state index is 5.02. The smallest absolute Gasteiger partial charge is 0.164 e. The minimum atomic E-state index is 0.642. The molecule has 0 fully saturated rings. The van der Waals surface area contributed by atoms with Crippen LogP contribution in [0.15, 0.2) is 499 Å². The third kappa shape index (κ3) is 13.5. The van der Waals surface area contributed by atoms with E-state index in [1.165, 1.54) is 130 Å². The fourth-order valence-corrected chi connectivity index (χ4v) is 21.3. The number of fused-ring (bicyclic) bond motifs is 24. The van der Waals surface area contributed by atoms with Gasteiger partial charge in [-0.15, -0.1) is 0 Å². The van der Waals surface area contributed by atoms with Crippen molar-refractivity contribution in [3.8, 4) is 102 Å². The Bertz CT molecular complexity index is 9660. The highest BCUT2D eigenvalue weighted by Gasteiger charge is 2.26. The maximum Gasteiger partial charge on any atom is 0.164 e. The van der Waals surface area contributed by atoms with Crippen LogP contribution in [0.2, 0.25) is 0 Å². The third-order valence-electron chi connectivity index (χ3n) is 27.6. The summed E-state index contributed by atoms with van der Waals surface area (Å²) in [5.74, 6) is 2.66. The van der Waals surface area contributed by atoms with Crippen molar-refractivity contribution < 1.29 is 0 Å². The van der Waals surface area contributed by atoms with Crippen molar-refractivity contribution in [2.24, 2.45) is 0 Å². The summed E-state index contributed by atoms with van der Waals surface area (Å²) in [6.45, 7) is 0. The van der Waals surface area contributed by atoms with Crippen LogP contribution in [-0.2, 0) is 0 Å². The van der Waals surface area contributed by atoms with Crippen LogP contribution in [0.1, 0.15) is 0 Å². The molecule has 0 amide bonds. The molecule has 14 heteroatoms. The van der Waals surface area contributed by atoms with Crippen LogP contribution in [0.5, 0.6) is 0 Å². The molecule has 29 rings (SSSR count). The van der Waals surface area contributed by atoms with E-state index < -0.39 is 0 Å². The predicted molar refractivity (Wildman–Crippen MR) is 575 cm³/mol. The van der Waals surface area contributed by atoms with E-state index in [4.69, 9.17) is 29.9 Å². The lowest BCUT2D eigenvalue weighted by atomic mass is 9.99. The first-order valence-corrected chi connectivity index (χ1v) is 47.2. The fourth-order valence-electron chi connectivity index (χ4n) is 21.3. The molecule has 0 saturated heterocycles.